The second-order valence-corrected chi connectivity index (χ2v) is 6.06. The molecule has 1 aromatic carbocycles. The lowest BCUT2D eigenvalue weighted by Crippen LogP contribution is -2.18. The Morgan fingerprint density at radius 1 is 1.14 bits per heavy atom. The first-order valence-corrected chi connectivity index (χ1v) is 8.51. The van der Waals surface area contributed by atoms with E-state index in [1.54, 1.807) is 29.6 Å². The molecule has 0 unspecified atom stereocenters. The quantitative estimate of drug-likeness (QED) is 0.448. The molecular weight excluding hydrogens is 364 g/mol. The van der Waals surface area contributed by atoms with Crippen molar-refractivity contribution in [3.8, 4) is 11.5 Å². The maximum Gasteiger partial charge on any atom is 0.310 e. The lowest BCUT2D eigenvalue weighted by molar-refractivity contribution is -0.141. The minimum absolute atomic E-state index is 0.0248. The summed E-state index contributed by atoms with van der Waals surface area (Å²) in [6, 6.07) is 4.85. The number of hydrogen-bond donors (Lipinski definition) is 0. The number of carbonyl (C=O) groups is 2. The molecular formula is C19H20N4O5. The molecule has 0 N–H and O–H groups in total. The van der Waals surface area contributed by atoms with Crippen molar-refractivity contribution in [3.63, 3.8) is 0 Å². The van der Waals surface area contributed by atoms with Crippen molar-refractivity contribution in [1.29, 1.82) is 0 Å². The first kappa shape index (κ1) is 19.3. The molecule has 2 heterocycles. The van der Waals surface area contributed by atoms with Gasteiger partial charge in [-0.2, -0.15) is 10.1 Å². The molecule has 28 heavy (non-hydrogen) atoms. The largest absolute Gasteiger partial charge is 0.497 e. The third-order valence-corrected chi connectivity index (χ3v) is 4.38. The zero-order valence-corrected chi connectivity index (χ0v) is 16.1. The van der Waals surface area contributed by atoms with Crippen molar-refractivity contribution in [1.82, 2.24) is 19.6 Å². The van der Waals surface area contributed by atoms with Crippen molar-refractivity contribution < 1.29 is 23.8 Å². The van der Waals surface area contributed by atoms with Crippen molar-refractivity contribution in [3.05, 3.63) is 47.0 Å². The first-order valence-electron chi connectivity index (χ1n) is 8.51. The zero-order valence-electron chi connectivity index (χ0n) is 16.1. The van der Waals surface area contributed by atoms with E-state index in [1.807, 2.05) is 6.92 Å². The van der Waals surface area contributed by atoms with Crippen LogP contribution in [0.2, 0.25) is 0 Å². The van der Waals surface area contributed by atoms with Crippen molar-refractivity contribution in [2.75, 3.05) is 20.8 Å². The van der Waals surface area contributed by atoms with Gasteiger partial charge in [0.15, 0.2) is 6.61 Å². The summed E-state index contributed by atoms with van der Waals surface area (Å²) < 4.78 is 17.1. The van der Waals surface area contributed by atoms with Gasteiger partial charge in [0.2, 0.25) is 5.78 Å². The summed E-state index contributed by atoms with van der Waals surface area (Å²) in [5, 5.41) is 4.09. The number of methoxy groups -OCH3 is 2. The average molecular weight is 384 g/mol. The fourth-order valence-corrected chi connectivity index (χ4v) is 2.86. The van der Waals surface area contributed by atoms with E-state index in [4.69, 9.17) is 14.2 Å². The topological polar surface area (TPSA) is 105 Å². The number of benzene rings is 1. The summed E-state index contributed by atoms with van der Waals surface area (Å²) in [6.45, 7) is 3.21. The highest BCUT2D eigenvalue weighted by molar-refractivity contribution is 6.00. The predicted octanol–water partition coefficient (Wildman–Crippen LogP) is 1.73. The number of rotatable bonds is 7. The molecule has 0 atom stereocenters. The summed E-state index contributed by atoms with van der Waals surface area (Å²) in [4.78, 5) is 33.1. The Hall–Kier alpha value is -3.49. The fourth-order valence-electron chi connectivity index (χ4n) is 2.86. The molecule has 0 saturated carbocycles. The summed E-state index contributed by atoms with van der Waals surface area (Å²) in [6.07, 6.45) is 1.38. The van der Waals surface area contributed by atoms with Gasteiger partial charge in [-0.05, 0) is 32.0 Å². The lowest BCUT2D eigenvalue weighted by atomic mass is 10.1. The van der Waals surface area contributed by atoms with Crippen LogP contribution in [0.25, 0.3) is 5.78 Å². The van der Waals surface area contributed by atoms with E-state index in [0.717, 1.165) is 5.69 Å². The Morgan fingerprint density at radius 2 is 1.93 bits per heavy atom. The summed E-state index contributed by atoms with van der Waals surface area (Å²) in [5.41, 5.74) is 2.38. The maximum atomic E-state index is 12.5. The van der Waals surface area contributed by atoms with Crippen LogP contribution in [0.15, 0.2) is 24.5 Å². The van der Waals surface area contributed by atoms with Crippen LogP contribution in [0.5, 0.6) is 11.5 Å². The van der Waals surface area contributed by atoms with Crippen LogP contribution in [0.3, 0.4) is 0 Å². The van der Waals surface area contributed by atoms with Gasteiger partial charge >= 0.3 is 5.97 Å². The Labute approximate surface area is 161 Å². The Kier molecular flexibility index (Phi) is 5.53. The van der Waals surface area contributed by atoms with Crippen LogP contribution in [0.1, 0.15) is 27.3 Å². The standard InChI is InChI=1S/C19H20N4O5/c1-11-14(12(2)23-19(22-11)20-10-21-23)8-18(25)28-9-16(24)15-7-13(26-3)5-6-17(15)27-4/h5-7,10H,8-9H2,1-4H3. The second-order valence-electron chi connectivity index (χ2n) is 6.06. The predicted molar refractivity (Wildman–Crippen MR) is 98.8 cm³/mol. The van der Waals surface area contributed by atoms with E-state index in [-0.39, 0.29) is 17.8 Å². The molecule has 0 aliphatic heterocycles. The smallest absolute Gasteiger partial charge is 0.310 e. The monoisotopic (exact) mass is 384 g/mol. The van der Waals surface area contributed by atoms with E-state index in [2.05, 4.69) is 15.1 Å². The number of ether oxygens (including phenoxy) is 3. The molecule has 0 spiro atoms. The van der Waals surface area contributed by atoms with Gasteiger partial charge in [0.1, 0.15) is 17.8 Å². The highest BCUT2D eigenvalue weighted by Crippen LogP contribution is 2.24. The van der Waals surface area contributed by atoms with E-state index >= 15 is 0 Å². The summed E-state index contributed by atoms with van der Waals surface area (Å²) in [5.74, 6) is 0.431. The number of aromatic nitrogens is 4. The third-order valence-electron chi connectivity index (χ3n) is 4.38. The van der Waals surface area contributed by atoms with Crippen LogP contribution < -0.4 is 9.47 Å². The van der Waals surface area contributed by atoms with E-state index in [9.17, 15) is 9.59 Å². The number of fused-ring (bicyclic) bond motifs is 1. The molecule has 0 aliphatic carbocycles. The molecule has 0 saturated heterocycles. The van der Waals surface area contributed by atoms with Gasteiger partial charge in [-0.15, -0.1) is 0 Å². The van der Waals surface area contributed by atoms with Gasteiger partial charge in [-0.25, -0.2) is 9.50 Å². The summed E-state index contributed by atoms with van der Waals surface area (Å²) >= 11 is 0. The van der Waals surface area contributed by atoms with Gasteiger partial charge < -0.3 is 14.2 Å². The van der Waals surface area contributed by atoms with Crippen LogP contribution in [0.4, 0.5) is 0 Å². The van der Waals surface area contributed by atoms with Crippen LogP contribution in [-0.2, 0) is 16.0 Å². The number of ketones is 1. The third kappa shape index (κ3) is 3.78. The lowest BCUT2D eigenvalue weighted by Gasteiger charge is -2.11. The van der Waals surface area contributed by atoms with Crippen LogP contribution in [-0.4, -0.2) is 52.2 Å². The second kappa shape index (κ2) is 8.03. The SMILES string of the molecule is COc1ccc(OC)c(C(=O)COC(=O)Cc2c(C)nc3ncnn3c2C)c1. The molecule has 0 amide bonds. The maximum absolute atomic E-state index is 12.5. The highest BCUT2D eigenvalue weighted by Gasteiger charge is 2.18. The minimum atomic E-state index is -0.539. The van der Waals surface area contributed by atoms with Gasteiger partial charge in [0.05, 0.1) is 26.2 Å². The van der Waals surface area contributed by atoms with Crippen molar-refractivity contribution in [2.45, 2.75) is 20.3 Å². The van der Waals surface area contributed by atoms with Gasteiger partial charge in [0.25, 0.3) is 5.78 Å². The number of nitrogens with zero attached hydrogens (tertiary/aromatic N) is 4. The molecule has 2 aromatic heterocycles. The van der Waals surface area contributed by atoms with Gasteiger partial charge in [0, 0.05) is 17.0 Å². The molecule has 9 nitrogen and oxygen atoms in total. The van der Waals surface area contributed by atoms with Gasteiger partial charge in [-0.1, -0.05) is 0 Å². The molecule has 0 radical (unpaired) electrons. The Balaban J connectivity index is 1.70. The summed E-state index contributed by atoms with van der Waals surface area (Å²) in [7, 11) is 2.96. The highest BCUT2D eigenvalue weighted by atomic mass is 16.5. The van der Waals surface area contributed by atoms with Crippen LogP contribution in [0, 0.1) is 13.8 Å². The molecule has 9 heteroatoms. The Morgan fingerprint density at radius 3 is 2.64 bits per heavy atom. The van der Waals surface area contributed by atoms with Crippen molar-refractivity contribution in [2.24, 2.45) is 0 Å². The Bertz CT molecular complexity index is 1040. The minimum Gasteiger partial charge on any atom is -0.497 e. The fraction of sp³-hybridized carbons (Fsp3) is 0.316. The first-order chi connectivity index (χ1) is 13.4. The molecule has 146 valence electrons. The molecule has 0 bridgehead atoms. The van der Waals surface area contributed by atoms with E-state index in [0.29, 0.717) is 28.5 Å². The van der Waals surface area contributed by atoms with Crippen molar-refractivity contribution >= 4 is 17.5 Å². The number of aryl methyl sites for hydroxylation is 2. The molecule has 3 aromatic rings. The number of esters is 1. The molecule has 3 rings (SSSR count). The van der Waals surface area contributed by atoms with E-state index < -0.39 is 12.6 Å². The zero-order chi connectivity index (χ0) is 20.3. The normalized spacial score (nSPS) is 10.7. The number of carbonyl (C=O) groups excluding carboxylic acids is 2. The van der Waals surface area contributed by atoms with E-state index in [1.165, 1.54) is 20.5 Å². The average Bonchev–Trinajstić information content (AvgIpc) is 3.17. The van der Waals surface area contributed by atoms with Gasteiger partial charge in [-0.3, -0.25) is 9.59 Å². The molecule has 0 aliphatic rings. The molecule has 0 fully saturated rings. The van der Waals surface area contributed by atoms with Crippen LogP contribution >= 0.6 is 0 Å². The number of hydrogen-bond acceptors (Lipinski definition) is 8. The number of Topliss-reactive ketones (excluding diaryl/α,β-unsaturated/α-hetero) is 1.